The van der Waals surface area contributed by atoms with E-state index in [9.17, 15) is 4.79 Å². The van der Waals surface area contributed by atoms with Crippen molar-refractivity contribution >= 4 is 21.8 Å². The first-order valence-corrected chi connectivity index (χ1v) is 6.69. The molecule has 0 aromatic carbocycles. The summed E-state index contributed by atoms with van der Waals surface area (Å²) in [4.78, 5) is 12.4. The Balaban J connectivity index is 1.74. The average molecular weight is 276 g/mol. The van der Waals surface area contributed by atoms with Crippen LogP contribution in [0.1, 0.15) is 32.1 Å². The fraction of sp³-hybridized carbons (Fsp3) is 0.909. The Morgan fingerprint density at radius 2 is 1.93 bits per heavy atom. The van der Waals surface area contributed by atoms with Crippen LogP contribution in [0.25, 0.3) is 0 Å². The molecule has 0 aromatic heterocycles. The van der Waals surface area contributed by atoms with Crippen LogP contribution in [0.15, 0.2) is 0 Å². The van der Waals surface area contributed by atoms with Crippen LogP contribution in [-0.2, 0) is 9.53 Å². The standard InChI is InChI=1S/C11H18BrNO2/c12-9-1-3-10(4-2-9)13-11(14)8-5-6-15-7-8/h8-10H,1-7H2,(H,13,14). The van der Waals surface area contributed by atoms with Gasteiger partial charge in [0.1, 0.15) is 0 Å². The lowest BCUT2D eigenvalue weighted by atomic mass is 9.94. The normalized spacial score (nSPS) is 36.5. The number of halogens is 1. The van der Waals surface area contributed by atoms with Crippen LogP contribution in [-0.4, -0.2) is 30.0 Å². The molecule has 1 saturated carbocycles. The van der Waals surface area contributed by atoms with Gasteiger partial charge in [0, 0.05) is 17.5 Å². The molecule has 2 fully saturated rings. The molecule has 0 radical (unpaired) electrons. The minimum absolute atomic E-state index is 0.103. The first-order chi connectivity index (χ1) is 7.25. The van der Waals surface area contributed by atoms with Gasteiger partial charge in [-0.05, 0) is 32.1 Å². The molecule has 0 bridgehead atoms. The Morgan fingerprint density at radius 1 is 1.20 bits per heavy atom. The van der Waals surface area contributed by atoms with Gasteiger partial charge in [0.2, 0.25) is 5.91 Å². The number of alkyl halides is 1. The Morgan fingerprint density at radius 3 is 2.53 bits per heavy atom. The molecular weight excluding hydrogens is 258 g/mol. The van der Waals surface area contributed by atoms with Crippen LogP contribution in [0, 0.1) is 5.92 Å². The Hall–Kier alpha value is -0.0900. The zero-order valence-corrected chi connectivity index (χ0v) is 10.5. The van der Waals surface area contributed by atoms with Crippen molar-refractivity contribution < 1.29 is 9.53 Å². The lowest BCUT2D eigenvalue weighted by Crippen LogP contribution is -2.41. The summed E-state index contributed by atoms with van der Waals surface area (Å²) in [6.45, 7) is 1.35. The largest absolute Gasteiger partial charge is 0.381 e. The van der Waals surface area contributed by atoms with Gasteiger partial charge in [-0.15, -0.1) is 0 Å². The predicted molar refractivity (Wildman–Crippen MR) is 62.0 cm³/mol. The third kappa shape index (κ3) is 3.18. The average Bonchev–Trinajstić information content (AvgIpc) is 2.74. The van der Waals surface area contributed by atoms with Crippen molar-refractivity contribution in [1.82, 2.24) is 5.32 Å². The van der Waals surface area contributed by atoms with Gasteiger partial charge in [-0.1, -0.05) is 15.9 Å². The fourth-order valence-electron chi connectivity index (χ4n) is 2.26. The summed E-state index contributed by atoms with van der Waals surface area (Å²) in [7, 11) is 0. The molecule has 0 aromatic rings. The SMILES string of the molecule is O=C(NC1CCC(Br)CC1)C1CCOC1. The van der Waals surface area contributed by atoms with Gasteiger partial charge in [-0.3, -0.25) is 4.79 Å². The monoisotopic (exact) mass is 275 g/mol. The molecule has 1 unspecified atom stereocenters. The molecule has 1 amide bonds. The van der Waals surface area contributed by atoms with Crippen molar-refractivity contribution in [3.05, 3.63) is 0 Å². The van der Waals surface area contributed by atoms with Gasteiger partial charge in [-0.25, -0.2) is 0 Å². The van der Waals surface area contributed by atoms with E-state index in [0.29, 0.717) is 17.5 Å². The Bertz CT molecular complexity index is 221. The number of hydrogen-bond donors (Lipinski definition) is 1. The molecule has 2 aliphatic rings. The van der Waals surface area contributed by atoms with Gasteiger partial charge in [0.15, 0.2) is 0 Å². The summed E-state index contributed by atoms with van der Waals surface area (Å²) < 4.78 is 5.22. The maximum absolute atomic E-state index is 11.8. The molecule has 1 atom stereocenters. The molecule has 1 aliphatic heterocycles. The summed E-state index contributed by atoms with van der Waals surface area (Å²) in [5, 5.41) is 3.14. The minimum Gasteiger partial charge on any atom is -0.381 e. The maximum Gasteiger partial charge on any atom is 0.225 e. The van der Waals surface area contributed by atoms with E-state index >= 15 is 0 Å². The highest BCUT2D eigenvalue weighted by Gasteiger charge is 2.27. The highest BCUT2D eigenvalue weighted by Crippen LogP contribution is 2.24. The van der Waals surface area contributed by atoms with Gasteiger partial charge in [0.25, 0.3) is 0 Å². The third-order valence-electron chi connectivity index (χ3n) is 3.30. The molecule has 86 valence electrons. The quantitative estimate of drug-likeness (QED) is 0.782. The molecule has 1 saturated heterocycles. The van der Waals surface area contributed by atoms with E-state index in [4.69, 9.17) is 4.74 Å². The second kappa shape index (κ2) is 5.30. The molecular formula is C11H18BrNO2. The first-order valence-electron chi connectivity index (χ1n) is 5.78. The summed E-state index contributed by atoms with van der Waals surface area (Å²) in [6, 6.07) is 0.395. The van der Waals surface area contributed by atoms with Crippen LogP contribution in [0.3, 0.4) is 0 Å². The van der Waals surface area contributed by atoms with Gasteiger partial charge >= 0.3 is 0 Å². The highest BCUT2D eigenvalue weighted by atomic mass is 79.9. The van der Waals surface area contributed by atoms with E-state index in [1.165, 1.54) is 12.8 Å². The molecule has 15 heavy (non-hydrogen) atoms. The molecule has 1 N–H and O–H groups in total. The number of ether oxygens (including phenoxy) is 1. The van der Waals surface area contributed by atoms with Crippen molar-refractivity contribution in [3.63, 3.8) is 0 Å². The van der Waals surface area contributed by atoms with Crippen LogP contribution in [0.4, 0.5) is 0 Å². The smallest absolute Gasteiger partial charge is 0.225 e. The topological polar surface area (TPSA) is 38.3 Å². The third-order valence-corrected chi connectivity index (χ3v) is 4.22. The van der Waals surface area contributed by atoms with Crippen molar-refractivity contribution in [3.8, 4) is 0 Å². The summed E-state index contributed by atoms with van der Waals surface area (Å²) in [6.07, 6.45) is 5.45. The summed E-state index contributed by atoms with van der Waals surface area (Å²) in [5.74, 6) is 0.303. The number of carbonyl (C=O) groups excluding carboxylic acids is 1. The van der Waals surface area contributed by atoms with Crippen molar-refractivity contribution in [2.75, 3.05) is 13.2 Å². The lowest BCUT2D eigenvalue weighted by Gasteiger charge is -2.26. The molecule has 3 nitrogen and oxygen atoms in total. The first kappa shape index (κ1) is 11.4. The van der Waals surface area contributed by atoms with E-state index in [1.807, 2.05) is 0 Å². The number of hydrogen-bond acceptors (Lipinski definition) is 2. The van der Waals surface area contributed by atoms with Gasteiger partial charge in [0.05, 0.1) is 12.5 Å². The number of carbonyl (C=O) groups is 1. The zero-order valence-electron chi connectivity index (χ0n) is 8.88. The molecule has 4 heteroatoms. The van der Waals surface area contributed by atoms with E-state index in [1.54, 1.807) is 0 Å². The number of nitrogens with one attached hydrogen (secondary N) is 1. The van der Waals surface area contributed by atoms with Crippen molar-refractivity contribution in [2.24, 2.45) is 5.92 Å². The molecule has 0 spiro atoms. The maximum atomic E-state index is 11.8. The van der Waals surface area contributed by atoms with Crippen molar-refractivity contribution in [1.29, 1.82) is 0 Å². The highest BCUT2D eigenvalue weighted by molar-refractivity contribution is 9.09. The van der Waals surface area contributed by atoms with Crippen molar-refractivity contribution in [2.45, 2.75) is 43.0 Å². The molecule has 2 rings (SSSR count). The summed E-state index contributed by atoms with van der Waals surface area (Å²) in [5.41, 5.74) is 0. The van der Waals surface area contributed by atoms with Crippen LogP contribution < -0.4 is 5.32 Å². The second-order valence-electron chi connectivity index (χ2n) is 4.52. The van der Waals surface area contributed by atoms with Crippen LogP contribution >= 0.6 is 15.9 Å². The van der Waals surface area contributed by atoms with Crippen LogP contribution in [0.2, 0.25) is 0 Å². The lowest BCUT2D eigenvalue weighted by molar-refractivity contribution is -0.125. The van der Waals surface area contributed by atoms with Gasteiger partial charge < -0.3 is 10.1 Å². The van der Waals surface area contributed by atoms with E-state index in [2.05, 4.69) is 21.2 Å². The minimum atomic E-state index is 0.103. The second-order valence-corrected chi connectivity index (χ2v) is 5.81. The Kier molecular flexibility index (Phi) is 4.03. The van der Waals surface area contributed by atoms with Crippen LogP contribution in [0.5, 0.6) is 0 Å². The fourth-order valence-corrected chi connectivity index (χ4v) is 2.79. The Labute approximate surface area is 99.1 Å². The predicted octanol–water partition coefficient (Wildman–Crippen LogP) is 1.85. The van der Waals surface area contributed by atoms with E-state index in [0.717, 1.165) is 25.9 Å². The number of amides is 1. The van der Waals surface area contributed by atoms with E-state index < -0.39 is 0 Å². The zero-order chi connectivity index (χ0) is 10.7. The summed E-state index contributed by atoms with van der Waals surface area (Å²) >= 11 is 3.62. The van der Waals surface area contributed by atoms with Gasteiger partial charge in [-0.2, -0.15) is 0 Å². The number of rotatable bonds is 2. The van der Waals surface area contributed by atoms with E-state index in [-0.39, 0.29) is 11.8 Å². The molecule has 1 aliphatic carbocycles. The molecule has 1 heterocycles.